The molecule has 1 fully saturated rings. The normalized spacial score (nSPS) is 17.5. The van der Waals surface area contributed by atoms with E-state index in [9.17, 15) is 9.59 Å². The van der Waals surface area contributed by atoms with E-state index in [2.05, 4.69) is 10.3 Å². The second-order valence-electron chi connectivity index (χ2n) is 8.60. The molecule has 7 nitrogen and oxygen atoms in total. The van der Waals surface area contributed by atoms with Crippen molar-refractivity contribution < 1.29 is 14.3 Å². The summed E-state index contributed by atoms with van der Waals surface area (Å²) in [6.45, 7) is 0.331. The molecule has 0 spiro atoms. The number of nitrogens with zero attached hydrogens (tertiary/aromatic N) is 4. The van der Waals surface area contributed by atoms with Gasteiger partial charge < -0.3 is 9.64 Å². The number of benzene rings is 3. The highest BCUT2D eigenvalue weighted by Gasteiger charge is 2.44. The SMILES string of the molecule is COC(=O)C1CC(n2nncc2-c2ccccc2)CN1C(=O)C(c1ccccc1)c1ccccc1. The number of esters is 1. The molecule has 1 aromatic heterocycles. The second kappa shape index (κ2) is 9.93. The monoisotopic (exact) mass is 466 g/mol. The number of likely N-dealkylation sites (tertiary alicyclic amines) is 1. The van der Waals surface area contributed by atoms with Gasteiger partial charge in [-0.3, -0.25) is 4.79 Å². The smallest absolute Gasteiger partial charge is 0.328 e. The summed E-state index contributed by atoms with van der Waals surface area (Å²) in [7, 11) is 1.36. The van der Waals surface area contributed by atoms with Crippen molar-refractivity contribution in [1.29, 1.82) is 0 Å². The quantitative estimate of drug-likeness (QED) is 0.400. The average molecular weight is 467 g/mol. The Morgan fingerprint density at radius 3 is 2.03 bits per heavy atom. The lowest BCUT2D eigenvalue weighted by Gasteiger charge is -2.28. The lowest BCUT2D eigenvalue weighted by Crippen LogP contribution is -2.43. The van der Waals surface area contributed by atoms with Crippen LogP contribution >= 0.6 is 0 Å². The lowest BCUT2D eigenvalue weighted by molar-refractivity contribution is -0.151. The molecule has 2 atom stereocenters. The summed E-state index contributed by atoms with van der Waals surface area (Å²) in [4.78, 5) is 28.6. The van der Waals surface area contributed by atoms with Gasteiger partial charge in [0.2, 0.25) is 5.91 Å². The predicted octanol–water partition coefficient (Wildman–Crippen LogP) is 4.09. The molecular formula is C28H26N4O3. The van der Waals surface area contributed by atoms with Gasteiger partial charge in [0, 0.05) is 18.5 Å². The number of ether oxygens (including phenoxy) is 1. The van der Waals surface area contributed by atoms with Crippen LogP contribution in [0.3, 0.4) is 0 Å². The molecule has 0 aliphatic carbocycles. The van der Waals surface area contributed by atoms with Crippen LogP contribution in [-0.4, -0.2) is 51.5 Å². The van der Waals surface area contributed by atoms with Crippen LogP contribution in [0.5, 0.6) is 0 Å². The standard InChI is InChI=1S/C28H26N4O3/c1-35-28(34)24-17-23(32-25(18-29-30-32)20-11-5-2-6-12-20)19-31(24)27(33)26(21-13-7-3-8-14-21)22-15-9-4-10-16-22/h2-16,18,23-24,26H,17,19H2,1H3. The molecule has 1 aliphatic heterocycles. The van der Waals surface area contributed by atoms with E-state index in [1.165, 1.54) is 7.11 Å². The Kier molecular flexibility index (Phi) is 6.39. The molecular weight excluding hydrogens is 440 g/mol. The molecule has 5 rings (SSSR count). The van der Waals surface area contributed by atoms with Crippen molar-refractivity contribution in [3.63, 3.8) is 0 Å². The third-order valence-corrected chi connectivity index (χ3v) is 6.54. The lowest BCUT2D eigenvalue weighted by atomic mass is 9.90. The number of aromatic nitrogens is 3. The van der Waals surface area contributed by atoms with Crippen molar-refractivity contribution in [1.82, 2.24) is 19.9 Å². The Morgan fingerprint density at radius 1 is 0.886 bits per heavy atom. The number of rotatable bonds is 6. The van der Waals surface area contributed by atoms with Gasteiger partial charge in [0.05, 0.1) is 31.0 Å². The van der Waals surface area contributed by atoms with Gasteiger partial charge in [-0.1, -0.05) is 96.2 Å². The van der Waals surface area contributed by atoms with Crippen molar-refractivity contribution in [2.75, 3.05) is 13.7 Å². The number of hydrogen-bond donors (Lipinski definition) is 0. The van der Waals surface area contributed by atoms with E-state index >= 15 is 0 Å². The first-order valence-corrected chi connectivity index (χ1v) is 11.6. The van der Waals surface area contributed by atoms with Gasteiger partial charge in [-0.2, -0.15) is 0 Å². The zero-order valence-corrected chi connectivity index (χ0v) is 19.4. The Hall–Kier alpha value is -4.26. The fraction of sp³-hybridized carbons (Fsp3) is 0.214. The molecule has 35 heavy (non-hydrogen) atoms. The molecule has 176 valence electrons. The highest BCUT2D eigenvalue weighted by molar-refractivity contribution is 5.91. The van der Waals surface area contributed by atoms with Gasteiger partial charge in [0.15, 0.2) is 0 Å². The predicted molar refractivity (Wildman–Crippen MR) is 131 cm³/mol. The molecule has 1 aliphatic rings. The molecule has 2 heterocycles. The van der Waals surface area contributed by atoms with Gasteiger partial charge in [-0.25, -0.2) is 9.48 Å². The fourth-order valence-electron chi connectivity index (χ4n) is 4.86. The largest absolute Gasteiger partial charge is 0.467 e. The minimum atomic E-state index is -0.708. The third kappa shape index (κ3) is 4.45. The summed E-state index contributed by atoms with van der Waals surface area (Å²) in [5.74, 6) is -1.10. The maximum Gasteiger partial charge on any atom is 0.328 e. The van der Waals surface area contributed by atoms with Crippen LogP contribution in [-0.2, 0) is 14.3 Å². The van der Waals surface area contributed by atoms with Gasteiger partial charge >= 0.3 is 5.97 Å². The number of carbonyl (C=O) groups excluding carboxylic acids is 2. The van der Waals surface area contributed by atoms with Crippen LogP contribution in [0.15, 0.2) is 97.2 Å². The van der Waals surface area contributed by atoms with E-state index in [-0.39, 0.29) is 11.9 Å². The summed E-state index contributed by atoms with van der Waals surface area (Å²) in [5, 5.41) is 8.45. The number of methoxy groups -OCH3 is 1. The first-order valence-electron chi connectivity index (χ1n) is 11.6. The van der Waals surface area contributed by atoms with Gasteiger partial charge in [-0.05, 0) is 11.1 Å². The van der Waals surface area contributed by atoms with Gasteiger partial charge in [0.25, 0.3) is 0 Å². The zero-order chi connectivity index (χ0) is 24.2. The van der Waals surface area contributed by atoms with E-state index in [0.29, 0.717) is 13.0 Å². The summed E-state index contributed by atoms with van der Waals surface area (Å²) in [5.41, 5.74) is 3.57. The zero-order valence-electron chi connectivity index (χ0n) is 19.4. The Balaban J connectivity index is 1.51. The maximum absolute atomic E-state index is 14.1. The van der Waals surface area contributed by atoms with E-state index in [0.717, 1.165) is 22.4 Å². The molecule has 0 radical (unpaired) electrons. The Labute approximate surface area is 204 Å². The topological polar surface area (TPSA) is 77.3 Å². The molecule has 4 aromatic rings. The van der Waals surface area contributed by atoms with Gasteiger partial charge in [-0.15, -0.1) is 5.10 Å². The van der Waals surface area contributed by atoms with Gasteiger partial charge in [0.1, 0.15) is 6.04 Å². The fourth-order valence-corrected chi connectivity index (χ4v) is 4.86. The van der Waals surface area contributed by atoms with E-state index in [1.807, 2.05) is 95.7 Å². The molecule has 1 saturated heterocycles. The van der Waals surface area contributed by atoms with Crippen LogP contribution in [0.1, 0.15) is 29.5 Å². The minimum Gasteiger partial charge on any atom is -0.467 e. The molecule has 7 heteroatoms. The second-order valence-corrected chi connectivity index (χ2v) is 8.60. The number of hydrogen-bond acceptors (Lipinski definition) is 5. The van der Waals surface area contributed by atoms with Crippen LogP contribution in [0, 0.1) is 0 Å². The summed E-state index contributed by atoms with van der Waals surface area (Å²) in [6.07, 6.45) is 2.11. The summed E-state index contributed by atoms with van der Waals surface area (Å²) in [6, 6.07) is 28.2. The van der Waals surface area contributed by atoms with Crippen molar-refractivity contribution in [2.45, 2.75) is 24.4 Å². The third-order valence-electron chi connectivity index (χ3n) is 6.54. The first kappa shape index (κ1) is 22.5. The average Bonchev–Trinajstić information content (AvgIpc) is 3.58. The van der Waals surface area contributed by atoms with Crippen molar-refractivity contribution >= 4 is 11.9 Å². The maximum atomic E-state index is 14.1. The van der Waals surface area contributed by atoms with E-state index < -0.39 is 17.9 Å². The summed E-state index contributed by atoms with van der Waals surface area (Å²) < 4.78 is 6.93. The molecule has 3 aromatic carbocycles. The molecule has 1 amide bonds. The molecule has 0 saturated carbocycles. The van der Waals surface area contributed by atoms with Crippen molar-refractivity contribution in [3.8, 4) is 11.3 Å². The summed E-state index contributed by atoms with van der Waals surface area (Å²) >= 11 is 0. The first-order chi connectivity index (χ1) is 17.2. The van der Waals surface area contributed by atoms with E-state index in [4.69, 9.17) is 4.74 Å². The van der Waals surface area contributed by atoms with E-state index in [1.54, 1.807) is 11.1 Å². The number of carbonyl (C=O) groups is 2. The van der Waals surface area contributed by atoms with Crippen LogP contribution in [0.2, 0.25) is 0 Å². The molecule has 2 unspecified atom stereocenters. The highest BCUT2D eigenvalue weighted by Crippen LogP contribution is 2.35. The van der Waals surface area contributed by atoms with Crippen LogP contribution in [0.25, 0.3) is 11.3 Å². The van der Waals surface area contributed by atoms with Crippen molar-refractivity contribution in [2.24, 2.45) is 0 Å². The molecule has 0 bridgehead atoms. The Bertz CT molecular complexity index is 1250. The van der Waals surface area contributed by atoms with Crippen LogP contribution in [0.4, 0.5) is 0 Å². The molecule has 0 N–H and O–H groups in total. The van der Waals surface area contributed by atoms with Crippen molar-refractivity contribution in [3.05, 3.63) is 108 Å². The minimum absolute atomic E-state index is 0.137. The highest BCUT2D eigenvalue weighted by atomic mass is 16.5. The van der Waals surface area contributed by atoms with Crippen LogP contribution < -0.4 is 0 Å². The Morgan fingerprint density at radius 2 is 1.46 bits per heavy atom. The number of amides is 1.